The monoisotopic (exact) mass is 237 g/mol. The average molecular weight is 237 g/mol. The first-order valence-electron chi connectivity index (χ1n) is 5.65. The highest BCUT2D eigenvalue weighted by Gasteiger charge is 2.08. The third-order valence-corrected chi connectivity index (χ3v) is 2.76. The zero-order valence-electron chi connectivity index (χ0n) is 10.5. The Bertz CT molecular complexity index is 390. The Hall–Kier alpha value is -1.55. The predicted molar refractivity (Wildman–Crippen MR) is 67.2 cm³/mol. The van der Waals surface area contributed by atoms with E-state index in [4.69, 9.17) is 4.74 Å². The summed E-state index contributed by atoms with van der Waals surface area (Å²) in [6.07, 6.45) is 1.16. The van der Waals surface area contributed by atoms with Crippen molar-refractivity contribution in [3.05, 3.63) is 23.8 Å². The lowest BCUT2D eigenvalue weighted by Gasteiger charge is -2.11. The first-order valence-corrected chi connectivity index (χ1v) is 5.65. The zero-order chi connectivity index (χ0) is 12.8. The first-order chi connectivity index (χ1) is 8.04. The number of anilines is 1. The minimum absolute atomic E-state index is 0.0670. The molecule has 0 aromatic heterocycles. The summed E-state index contributed by atoms with van der Waals surface area (Å²) in [6.45, 7) is 3.69. The van der Waals surface area contributed by atoms with E-state index in [0.717, 1.165) is 0 Å². The van der Waals surface area contributed by atoms with Crippen molar-refractivity contribution < 1.29 is 14.6 Å². The second-order valence-electron chi connectivity index (χ2n) is 4.08. The average Bonchev–Trinajstić information content (AvgIpc) is 2.32. The summed E-state index contributed by atoms with van der Waals surface area (Å²) < 4.78 is 5.07. The highest BCUT2D eigenvalue weighted by molar-refractivity contribution is 5.91. The number of phenols is 1. The number of phenolic OH excluding ortho intramolecular Hbond substituents is 1. The minimum Gasteiger partial charge on any atom is -0.508 e. The number of ether oxygens (including phenoxy) is 1. The van der Waals surface area contributed by atoms with Crippen LogP contribution >= 0.6 is 0 Å². The largest absolute Gasteiger partial charge is 0.508 e. The Balaban J connectivity index is 2.54. The Morgan fingerprint density at radius 3 is 2.88 bits per heavy atom. The molecule has 0 heterocycles. The second-order valence-corrected chi connectivity index (χ2v) is 4.08. The maximum atomic E-state index is 11.6. The van der Waals surface area contributed by atoms with Crippen LogP contribution in [0.5, 0.6) is 5.75 Å². The second kappa shape index (κ2) is 6.25. The van der Waals surface area contributed by atoms with E-state index >= 15 is 0 Å². The highest BCUT2D eigenvalue weighted by atomic mass is 16.5. The van der Waals surface area contributed by atoms with Crippen LogP contribution in [0, 0.1) is 6.92 Å². The molecule has 94 valence electrons. The van der Waals surface area contributed by atoms with Crippen LogP contribution in [-0.4, -0.2) is 24.2 Å². The van der Waals surface area contributed by atoms with Gasteiger partial charge in [-0.15, -0.1) is 0 Å². The number of aromatic hydroxyl groups is 1. The lowest BCUT2D eigenvalue weighted by Crippen LogP contribution is -2.15. The molecular weight excluding hydrogens is 218 g/mol. The molecule has 17 heavy (non-hydrogen) atoms. The Kier molecular flexibility index (Phi) is 4.97. The van der Waals surface area contributed by atoms with Crippen LogP contribution in [0.15, 0.2) is 18.2 Å². The van der Waals surface area contributed by atoms with Crippen molar-refractivity contribution in [1.82, 2.24) is 0 Å². The Labute approximate surface area is 102 Å². The van der Waals surface area contributed by atoms with Crippen LogP contribution in [0.1, 0.15) is 25.3 Å². The summed E-state index contributed by atoms with van der Waals surface area (Å²) in [6, 6.07) is 5.07. The summed E-state index contributed by atoms with van der Waals surface area (Å²) in [7, 11) is 1.63. The van der Waals surface area contributed by atoms with Crippen LogP contribution in [-0.2, 0) is 9.53 Å². The molecule has 0 aliphatic carbocycles. The van der Waals surface area contributed by atoms with Gasteiger partial charge in [-0.1, -0.05) is 6.07 Å². The van der Waals surface area contributed by atoms with Gasteiger partial charge in [-0.2, -0.15) is 0 Å². The van der Waals surface area contributed by atoms with Gasteiger partial charge in [0, 0.05) is 24.8 Å². The number of hydrogen-bond donors (Lipinski definition) is 2. The quantitative estimate of drug-likeness (QED) is 0.827. The normalized spacial score (nSPS) is 12.2. The molecule has 0 fully saturated rings. The number of benzene rings is 1. The van der Waals surface area contributed by atoms with Crippen molar-refractivity contribution in [1.29, 1.82) is 0 Å². The molecule has 0 aliphatic heterocycles. The summed E-state index contributed by atoms with van der Waals surface area (Å²) in [5, 5.41) is 12.3. The van der Waals surface area contributed by atoms with Gasteiger partial charge in [0.15, 0.2) is 0 Å². The zero-order valence-corrected chi connectivity index (χ0v) is 10.5. The summed E-state index contributed by atoms with van der Waals surface area (Å²) >= 11 is 0. The molecule has 4 heteroatoms. The molecule has 1 aromatic rings. The smallest absolute Gasteiger partial charge is 0.224 e. The third kappa shape index (κ3) is 4.07. The molecule has 1 atom stereocenters. The van der Waals surface area contributed by atoms with Gasteiger partial charge < -0.3 is 15.2 Å². The fraction of sp³-hybridized carbons (Fsp3) is 0.462. The number of carbonyl (C=O) groups excluding carboxylic acids is 1. The molecule has 1 rings (SSSR count). The number of amides is 1. The Morgan fingerprint density at radius 2 is 2.24 bits per heavy atom. The van der Waals surface area contributed by atoms with E-state index < -0.39 is 0 Å². The number of hydrogen-bond acceptors (Lipinski definition) is 3. The van der Waals surface area contributed by atoms with Gasteiger partial charge in [-0.3, -0.25) is 4.79 Å². The van der Waals surface area contributed by atoms with Crippen molar-refractivity contribution >= 4 is 11.6 Å². The lowest BCUT2D eigenvalue weighted by molar-refractivity contribution is -0.116. The van der Waals surface area contributed by atoms with E-state index in [1.807, 2.05) is 6.92 Å². The molecule has 0 saturated carbocycles. The predicted octanol–water partition coefficient (Wildman–Crippen LogP) is 2.45. The molecule has 4 nitrogen and oxygen atoms in total. The topological polar surface area (TPSA) is 58.6 Å². The molecule has 0 radical (unpaired) electrons. The van der Waals surface area contributed by atoms with E-state index in [-0.39, 0.29) is 17.8 Å². The van der Waals surface area contributed by atoms with Crippen LogP contribution in [0.4, 0.5) is 5.69 Å². The molecule has 1 amide bonds. The van der Waals surface area contributed by atoms with Gasteiger partial charge in [0.2, 0.25) is 5.91 Å². The molecular formula is C13H19NO3. The standard InChI is InChI=1S/C13H19NO3/c1-9(17-3)7-8-13(16)14-11-5-4-6-12(15)10(11)2/h4-6,9,15H,7-8H2,1-3H3,(H,14,16). The van der Waals surface area contributed by atoms with E-state index in [1.165, 1.54) is 0 Å². The summed E-state index contributed by atoms with van der Waals surface area (Å²) in [4.78, 5) is 11.6. The molecule has 0 spiro atoms. The van der Waals surface area contributed by atoms with Crippen molar-refractivity contribution in [3.63, 3.8) is 0 Å². The summed E-state index contributed by atoms with van der Waals surface area (Å²) in [5.41, 5.74) is 1.33. The van der Waals surface area contributed by atoms with E-state index in [2.05, 4.69) is 5.32 Å². The van der Waals surface area contributed by atoms with Gasteiger partial charge in [-0.05, 0) is 32.4 Å². The SMILES string of the molecule is COC(C)CCC(=O)Nc1cccc(O)c1C. The maximum absolute atomic E-state index is 11.6. The maximum Gasteiger partial charge on any atom is 0.224 e. The third-order valence-electron chi connectivity index (χ3n) is 2.76. The molecule has 0 saturated heterocycles. The van der Waals surface area contributed by atoms with E-state index in [9.17, 15) is 9.90 Å². The minimum atomic E-state index is -0.0670. The number of rotatable bonds is 5. The van der Waals surface area contributed by atoms with Gasteiger partial charge in [0.05, 0.1) is 6.10 Å². The van der Waals surface area contributed by atoms with Crippen molar-refractivity contribution in [2.75, 3.05) is 12.4 Å². The van der Waals surface area contributed by atoms with Crippen molar-refractivity contribution in [2.24, 2.45) is 0 Å². The molecule has 1 unspecified atom stereocenters. The summed E-state index contributed by atoms with van der Waals surface area (Å²) in [5.74, 6) is 0.121. The van der Waals surface area contributed by atoms with Crippen LogP contribution in [0.25, 0.3) is 0 Å². The number of carbonyl (C=O) groups is 1. The molecule has 2 N–H and O–H groups in total. The number of methoxy groups -OCH3 is 1. The van der Waals surface area contributed by atoms with E-state index in [0.29, 0.717) is 24.1 Å². The first kappa shape index (κ1) is 13.5. The molecule has 0 aliphatic rings. The van der Waals surface area contributed by atoms with Crippen molar-refractivity contribution in [2.45, 2.75) is 32.8 Å². The van der Waals surface area contributed by atoms with Gasteiger partial charge in [0.1, 0.15) is 5.75 Å². The van der Waals surface area contributed by atoms with Crippen LogP contribution in [0.2, 0.25) is 0 Å². The Morgan fingerprint density at radius 1 is 1.53 bits per heavy atom. The van der Waals surface area contributed by atoms with Crippen LogP contribution in [0.3, 0.4) is 0 Å². The van der Waals surface area contributed by atoms with Crippen molar-refractivity contribution in [3.8, 4) is 5.75 Å². The van der Waals surface area contributed by atoms with Gasteiger partial charge in [-0.25, -0.2) is 0 Å². The van der Waals surface area contributed by atoms with Gasteiger partial charge >= 0.3 is 0 Å². The fourth-order valence-corrected chi connectivity index (χ4v) is 1.42. The van der Waals surface area contributed by atoms with E-state index in [1.54, 1.807) is 32.2 Å². The van der Waals surface area contributed by atoms with Crippen LogP contribution < -0.4 is 5.32 Å². The highest BCUT2D eigenvalue weighted by Crippen LogP contribution is 2.23. The fourth-order valence-electron chi connectivity index (χ4n) is 1.42. The molecule has 1 aromatic carbocycles. The van der Waals surface area contributed by atoms with Gasteiger partial charge in [0.25, 0.3) is 0 Å². The number of nitrogens with one attached hydrogen (secondary N) is 1. The lowest BCUT2D eigenvalue weighted by atomic mass is 10.1. The molecule has 0 bridgehead atoms.